The molecule has 3 nitrogen and oxygen atoms in total. The Morgan fingerprint density at radius 3 is 2.88 bits per heavy atom. The van der Waals surface area contributed by atoms with Gasteiger partial charge in [-0.05, 0) is 37.5 Å². The molecule has 3 aliphatic heterocycles. The van der Waals surface area contributed by atoms with E-state index in [-0.39, 0.29) is 17.3 Å². The number of thioether (sulfide) groups is 1. The zero-order valence-electron chi connectivity index (χ0n) is 14.0. The highest BCUT2D eigenvalue weighted by Gasteiger charge is 2.45. The molecule has 0 saturated heterocycles. The van der Waals surface area contributed by atoms with Gasteiger partial charge in [0.1, 0.15) is 5.25 Å². The molecule has 0 aliphatic carbocycles. The van der Waals surface area contributed by atoms with Gasteiger partial charge in [-0.3, -0.25) is 4.79 Å². The second kappa shape index (κ2) is 6.17. The number of nitrogens with zero attached hydrogens (tertiary/aromatic N) is 1. The van der Waals surface area contributed by atoms with E-state index in [0.29, 0.717) is 6.61 Å². The van der Waals surface area contributed by atoms with Crippen LogP contribution in [0.2, 0.25) is 0 Å². The van der Waals surface area contributed by atoms with Crippen molar-refractivity contribution >= 4 is 22.6 Å². The first-order valence-corrected chi connectivity index (χ1v) is 9.36. The molecule has 0 aromatic heterocycles. The fraction of sp³-hybridized carbons (Fsp3) is 0.350. The van der Waals surface area contributed by atoms with Gasteiger partial charge < -0.3 is 9.64 Å². The van der Waals surface area contributed by atoms with E-state index in [4.69, 9.17) is 4.74 Å². The van der Waals surface area contributed by atoms with Crippen LogP contribution < -0.4 is 0 Å². The quantitative estimate of drug-likeness (QED) is 0.766. The maximum absolute atomic E-state index is 12.6. The van der Waals surface area contributed by atoms with Crippen LogP contribution in [0.4, 0.5) is 0 Å². The fourth-order valence-electron chi connectivity index (χ4n) is 3.78. The van der Waals surface area contributed by atoms with Gasteiger partial charge in [0.2, 0.25) is 0 Å². The van der Waals surface area contributed by atoms with Gasteiger partial charge in [0.15, 0.2) is 0 Å². The number of benzene rings is 1. The Morgan fingerprint density at radius 2 is 2.12 bits per heavy atom. The van der Waals surface area contributed by atoms with Crippen LogP contribution in [0.5, 0.6) is 0 Å². The van der Waals surface area contributed by atoms with Crippen molar-refractivity contribution in [3.8, 4) is 0 Å². The first-order valence-electron chi connectivity index (χ1n) is 8.48. The summed E-state index contributed by atoms with van der Waals surface area (Å²) >= 11 is 1.68. The Hall–Kier alpha value is -1.94. The van der Waals surface area contributed by atoms with Crippen LogP contribution >= 0.6 is 11.8 Å². The average molecular weight is 339 g/mol. The monoisotopic (exact) mass is 339 g/mol. The van der Waals surface area contributed by atoms with Gasteiger partial charge >= 0.3 is 5.97 Å². The molecule has 0 bridgehead atoms. The van der Waals surface area contributed by atoms with E-state index < -0.39 is 0 Å². The second-order valence-corrected chi connectivity index (χ2v) is 7.50. The largest absolute Gasteiger partial charge is 0.465 e. The third kappa shape index (κ3) is 2.40. The maximum Gasteiger partial charge on any atom is 0.321 e. The molecule has 3 aliphatic rings. The third-order valence-corrected chi connectivity index (χ3v) is 6.28. The van der Waals surface area contributed by atoms with E-state index in [1.54, 1.807) is 11.8 Å². The summed E-state index contributed by atoms with van der Waals surface area (Å²) in [6.45, 7) is 4.49. The number of hydrogen-bond acceptors (Lipinski definition) is 4. The highest BCUT2D eigenvalue weighted by Crippen LogP contribution is 2.52. The smallest absolute Gasteiger partial charge is 0.321 e. The highest BCUT2D eigenvalue weighted by molar-refractivity contribution is 8.09. The molecule has 4 rings (SSSR count). The molecule has 0 amide bonds. The Balaban J connectivity index is 1.83. The van der Waals surface area contributed by atoms with Crippen LogP contribution in [0, 0.1) is 0 Å². The molecule has 1 aromatic carbocycles. The molecule has 0 radical (unpaired) electrons. The van der Waals surface area contributed by atoms with Gasteiger partial charge in [-0.2, -0.15) is 0 Å². The summed E-state index contributed by atoms with van der Waals surface area (Å²) in [6.07, 6.45) is 6.25. The minimum Gasteiger partial charge on any atom is -0.465 e. The van der Waals surface area contributed by atoms with E-state index >= 15 is 0 Å². The first kappa shape index (κ1) is 15.6. The van der Waals surface area contributed by atoms with Crippen LogP contribution in [0.1, 0.15) is 32.3 Å². The van der Waals surface area contributed by atoms with Crippen molar-refractivity contribution in [2.24, 2.45) is 0 Å². The van der Waals surface area contributed by atoms with E-state index in [1.165, 1.54) is 27.4 Å². The summed E-state index contributed by atoms with van der Waals surface area (Å²) in [5, 5.41) is -0.185. The van der Waals surface area contributed by atoms with E-state index in [0.717, 1.165) is 12.8 Å². The zero-order valence-corrected chi connectivity index (χ0v) is 14.8. The zero-order chi connectivity index (χ0) is 16.7. The van der Waals surface area contributed by atoms with Crippen molar-refractivity contribution in [3.63, 3.8) is 0 Å². The van der Waals surface area contributed by atoms with Gasteiger partial charge in [-0.25, -0.2) is 0 Å². The average Bonchev–Trinajstić information content (AvgIpc) is 2.95. The van der Waals surface area contributed by atoms with Crippen molar-refractivity contribution in [2.75, 3.05) is 6.61 Å². The Labute approximate surface area is 147 Å². The number of rotatable bonds is 3. The molecule has 0 spiro atoms. The lowest BCUT2D eigenvalue weighted by molar-refractivity contribution is -0.143. The number of esters is 1. The molecule has 124 valence electrons. The molecule has 24 heavy (non-hydrogen) atoms. The molecule has 2 atom stereocenters. The van der Waals surface area contributed by atoms with Crippen LogP contribution in [0.15, 0.2) is 59.5 Å². The summed E-state index contributed by atoms with van der Waals surface area (Å²) < 4.78 is 5.38. The van der Waals surface area contributed by atoms with Crippen LogP contribution in [-0.4, -0.2) is 28.8 Å². The molecule has 0 saturated carbocycles. The standard InChI is InChI=1S/C20H21NO2S/c1-3-23-20(22)19-16-11-7-10-15-13(2)12-17(21(15)16)18(24-19)14-8-5-4-6-9-14/h4-10,16,19H,3,11-12H2,1-2H3/t16-,19+/m0/s1. The summed E-state index contributed by atoms with van der Waals surface area (Å²) in [5.74, 6) is -0.0980. The van der Waals surface area contributed by atoms with Crippen molar-refractivity contribution in [2.45, 2.75) is 38.0 Å². The summed E-state index contributed by atoms with van der Waals surface area (Å²) in [6, 6.07) is 10.6. The topological polar surface area (TPSA) is 29.5 Å². The molecule has 0 fully saturated rings. The van der Waals surface area contributed by atoms with E-state index in [1.807, 2.05) is 13.0 Å². The molecule has 1 aromatic rings. The minimum absolute atomic E-state index is 0.0980. The Bertz CT molecular complexity index is 763. The molecule has 3 heterocycles. The van der Waals surface area contributed by atoms with Crippen molar-refractivity contribution in [1.29, 1.82) is 0 Å². The second-order valence-electron chi connectivity index (χ2n) is 6.35. The first-order chi connectivity index (χ1) is 11.7. The predicted octanol–water partition coefficient (Wildman–Crippen LogP) is 4.34. The summed E-state index contributed by atoms with van der Waals surface area (Å²) in [4.78, 5) is 16.2. The van der Waals surface area contributed by atoms with Crippen molar-refractivity contribution < 1.29 is 9.53 Å². The van der Waals surface area contributed by atoms with Crippen molar-refractivity contribution in [1.82, 2.24) is 4.90 Å². The summed E-state index contributed by atoms with van der Waals surface area (Å²) in [5.41, 5.74) is 5.18. The van der Waals surface area contributed by atoms with Crippen LogP contribution in [0.25, 0.3) is 4.91 Å². The SMILES string of the molecule is CCOC(=O)[C@@H]1SC(c2ccccc2)=C2CC(C)=C3C=CC[C@@H]1N32. The van der Waals surface area contributed by atoms with Gasteiger partial charge in [-0.15, -0.1) is 11.8 Å². The lowest BCUT2D eigenvalue weighted by Crippen LogP contribution is -2.47. The number of hydrogen-bond donors (Lipinski definition) is 0. The van der Waals surface area contributed by atoms with Gasteiger partial charge in [0.05, 0.1) is 12.6 Å². The normalized spacial score (nSPS) is 25.2. The van der Waals surface area contributed by atoms with Crippen molar-refractivity contribution in [3.05, 3.63) is 65.0 Å². The summed E-state index contributed by atoms with van der Waals surface area (Å²) in [7, 11) is 0. The molecular formula is C20H21NO2S. The lowest BCUT2D eigenvalue weighted by Gasteiger charge is -2.43. The highest BCUT2D eigenvalue weighted by atomic mass is 32.2. The molecule has 4 heteroatoms. The molecule has 0 unspecified atom stereocenters. The number of carbonyl (C=O) groups is 1. The van der Waals surface area contributed by atoms with E-state index in [9.17, 15) is 4.79 Å². The van der Waals surface area contributed by atoms with Gasteiger partial charge in [-0.1, -0.05) is 36.4 Å². The minimum atomic E-state index is -0.185. The molecule has 0 N–H and O–H groups in total. The maximum atomic E-state index is 12.6. The number of carbonyl (C=O) groups excluding carboxylic acids is 1. The number of ether oxygens (including phenoxy) is 1. The molecular weight excluding hydrogens is 318 g/mol. The lowest BCUT2D eigenvalue weighted by atomic mass is 10.0. The Morgan fingerprint density at radius 1 is 1.33 bits per heavy atom. The third-order valence-electron chi connectivity index (χ3n) is 4.82. The van der Waals surface area contributed by atoms with Gasteiger partial charge in [0.25, 0.3) is 0 Å². The van der Waals surface area contributed by atoms with Crippen LogP contribution in [0.3, 0.4) is 0 Å². The number of allylic oxidation sites excluding steroid dienone is 2. The van der Waals surface area contributed by atoms with Gasteiger partial charge in [0, 0.05) is 22.7 Å². The van der Waals surface area contributed by atoms with E-state index in [2.05, 4.69) is 48.2 Å². The van der Waals surface area contributed by atoms with Crippen LogP contribution in [-0.2, 0) is 9.53 Å². The fourth-order valence-corrected chi connectivity index (χ4v) is 5.17. The Kier molecular flexibility index (Phi) is 4.01. The predicted molar refractivity (Wildman–Crippen MR) is 98.1 cm³/mol.